The predicted octanol–water partition coefficient (Wildman–Crippen LogP) is 1.76. The molecule has 0 heterocycles. The third kappa shape index (κ3) is 3.90. The van der Waals surface area contributed by atoms with Crippen molar-refractivity contribution < 1.29 is 13.3 Å². The second-order valence-corrected chi connectivity index (χ2v) is 5.75. The van der Waals surface area contributed by atoms with Gasteiger partial charge in [-0.25, -0.2) is 13.6 Å². The van der Waals surface area contributed by atoms with Crippen LogP contribution in [0.3, 0.4) is 0 Å². The van der Waals surface area contributed by atoms with Gasteiger partial charge < -0.3 is 5.32 Å². The molecule has 0 saturated carbocycles. The third-order valence-corrected chi connectivity index (χ3v) is 3.60. The number of primary sulfonamides is 1. The topological polar surface area (TPSA) is 115 Å². The Kier molecular flexibility index (Phi) is 4.84. The summed E-state index contributed by atoms with van der Waals surface area (Å²) >= 11 is 0. The number of nitrogens with one attached hydrogen (secondary N) is 1. The molecule has 106 valence electrons. The summed E-state index contributed by atoms with van der Waals surface area (Å²) in [6.07, 6.45) is 1.81. The van der Waals surface area contributed by atoms with E-state index in [4.69, 9.17) is 5.14 Å². The Bertz CT molecular complexity index is 584. The fraction of sp³-hybridized carbons (Fsp3) is 0.455. The molecule has 0 bridgehead atoms. The Balaban J connectivity index is 3.29. The fourth-order valence-electron chi connectivity index (χ4n) is 1.65. The zero-order valence-electron chi connectivity index (χ0n) is 10.8. The SMILES string of the molecule is CCCCNc1cc(C)c([N+](=O)[O-])cc1S(N)(=O)=O. The first-order valence-electron chi connectivity index (χ1n) is 5.83. The Hall–Kier alpha value is -1.67. The van der Waals surface area contributed by atoms with E-state index in [2.05, 4.69) is 5.32 Å². The van der Waals surface area contributed by atoms with Gasteiger partial charge in [0, 0.05) is 18.2 Å². The molecular formula is C11H17N3O4S. The number of benzene rings is 1. The zero-order chi connectivity index (χ0) is 14.6. The van der Waals surface area contributed by atoms with Gasteiger partial charge in [0.25, 0.3) is 5.69 Å². The van der Waals surface area contributed by atoms with Gasteiger partial charge in [0.05, 0.1) is 10.6 Å². The zero-order valence-corrected chi connectivity index (χ0v) is 11.7. The van der Waals surface area contributed by atoms with Crippen molar-refractivity contribution in [3.8, 4) is 0 Å². The van der Waals surface area contributed by atoms with E-state index in [1.807, 2.05) is 6.92 Å². The number of unbranched alkanes of at least 4 members (excludes halogenated alkanes) is 1. The van der Waals surface area contributed by atoms with Crippen molar-refractivity contribution in [2.75, 3.05) is 11.9 Å². The van der Waals surface area contributed by atoms with E-state index in [1.54, 1.807) is 6.92 Å². The molecule has 0 radical (unpaired) electrons. The van der Waals surface area contributed by atoms with Gasteiger partial charge in [-0.1, -0.05) is 13.3 Å². The first kappa shape index (κ1) is 15.4. The lowest BCUT2D eigenvalue weighted by Crippen LogP contribution is -2.16. The van der Waals surface area contributed by atoms with E-state index in [1.165, 1.54) is 6.07 Å². The number of sulfonamides is 1. The van der Waals surface area contributed by atoms with E-state index in [0.29, 0.717) is 17.8 Å². The number of hydrogen-bond acceptors (Lipinski definition) is 5. The van der Waals surface area contributed by atoms with Crippen molar-refractivity contribution in [2.24, 2.45) is 5.14 Å². The quantitative estimate of drug-likeness (QED) is 0.470. The number of aryl methyl sites for hydroxylation is 1. The highest BCUT2D eigenvalue weighted by Gasteiger charge is 2.21. The summed E-state index contributed by atoms with van der Waals surface area (Å²) in [6.45, 7) is 4.13. The van der Waals surface area contributed by atoms with Crippen LogP contribution in [0.5, 0.6) is 0 Å². The van der Waals surface area contributed by atoms with E-state index in [0.717, 1.165) is 18.9 Å². The number of nitro groups is 1. The maximum atomic E-state index is 11.5. The number of nitrogens with two attached hydrogens (primary N) is 1. The highest BCUT2D eigenvalue weighted by molar-refractivity contribution is 7.89. The maximum Gasteiger partial charge on any atom is 0.273 e. The second-order valence-electron chi connectivity index (χ2n) is 4.22. The number of hydrogen-bond donors (Lipinski definition) is 2. The highest BCUT2D eigenvalue weighted by Crippen LogP contribution is 2.29. The molecule has 1 aromatic carbocycles. The number of rotatable bonds is 6. The van der Waals surface area contributed by atoms with Gasteiger partial charge in [0.2, 0.25) is 10.0 Å². The molecule has 0 unspecified atom stereocenters. The molecular weight excluding hydrogens is 270 g/mol. The van der Waals surface area contributed by atoms with Crippen LogP contribution in [0.4, 0.5) is 11.4 Å². The lowest BCUT2D eigenvalue weighted by atomic mass is 10.1. The number of nitro benzene ring substituents is 1. The average molecular weight is 287 g/mol. The van der Waals surface area contributed by atoms with Gasteiger partial charge in [-0.2, -0.15) is 0 Å². The molecule has 0 amide bonds. The van der Waals surface area contributed by atoms with Crippen LogP contribution < -0.4 is 10.5 Å². The van der Waals surface area contributed by atoms with Crippen LogP contribution >= 0.6 is 0 Å². The molecule has 0 aliphatic heterocycles. The molecule has 1 rings (SSSR count). The van der Waals surface area contributed by atoms with Gasteiger partial charge in [-0.15, -0.1) is 0 Å². The molecule has 7 nitrogen and oxygen atoms in total. The first-order chi connectivity index (χ1) is 8.77. The van der Waals surface area contributed by atoms with Crippen molar-refractivity contribution in [1.82, 2.24) is 0 Å². The Morgan fingerprint density at radius 1 is 1.42 bits per heavy atom. The molecule has 0 aliphatic rings. The molecule has 0 spiro atoms. The lowest BCUT2D eigenvalue weighted by molar-refractivity contribution is -0.385. The van der Waals surface area contributed by atoms with Gasteiger partial charge in [-0.05, 0) is 19.4 Å². The van der Waals surface area contributed by atoms with Crippen molar-refractivity contribution in [3.63, 3.8) is 0 Å². The summed E-state index contributed by atoms with van der Waals surface area (Å²) in [5.41, 5.74) is 0.431. The van der Waals surface area contributed by atoms with Crippen molar-refractivity contribution in [2.45, 2.75) is 31.6 Å². The Morgan fingerprint density at radius 3 is 2.53 bits per heavy atom. The summed E-state index contributed by atoms with van der Waals surface area (Å²) in [6, 6.07) is 2.44. The molecule has 0 atom stereocenters. The van der Waals surface area contributed by atoms with Gasteiger partial charge in [0.15, 0.2) is 0 Å². The summed E-state index contributed by atoms with van der Waals surface area (Å²) < 4.78 is 23.0. The van der Waals surface area contributed by atoms with Crippen molar-refractivity contribution in [1.29, 1.82) is 0 Å². The summed E-state index contributed by atoms with van der Waals surface area (Å²) in [5.74, 6) is 0. The van der Waals surface area contributed by atoms with Crippen LogP contribution in [0.15, 0.2) is 17.0 Å². The van der Waals surface area contributed by atoms with Gasteiger partial charge in [0.1, 0.15) is 4.90 Å². The maximum absolute atomic E-state index is 11.5. The number of anilines is 1. The largest absolute Gasteiger partial charge is 0.384 e. The molecule has 19 heavy (non-hydrogen) atoms. The Labute approximate surface area is 112 Å². The van der Waals surface area contributed by atoms with Crippen LogP contribution in [0.25, 0.3) is 0 Å². The molecule has 0 saturated heterocycles. The minimum atomic E-state index is -4.01. The normalized spacial score (nSPS) is 11.3. The molecule has 0 aliphatic carbocycles. The van der Waals surface area contributed by atoms with Crippen LogP contribution in [0.2, 0.25) is 0 Å². The smallest absolute Gasteiger partial charge is 0.273 e. The number of nitrogens with zero attached hydrogens (tertiary/aromatic N) is 1. The summed E-state index contributed by atoms with van der Waals surface area (Å²) in [7, 11) is -4.01. The molecule has 3 N–H and O–H groups in total. The van der Waals surface area contributed by atoms with Crippen molar-refractivity contribution in [3.05, 3.63) is 27.8 Å². The van der Waals surface area contributed by atoms with Gasteiger partial charge >= 0.3 is 0 Å². The monoisotopic (exact) mass is 287 g/mol. The van der Waals surface area contributed by atoms with E-state index >= 15 is 0 Å². The average Bonchev–Trinajstić information content (AvgIpc) is 2.27. The molecule has 1 aromatic rings. The van der Waals surface area contributed by atoms with Crippen LogP contribution in [-0.4, -0.2) is 19.9 Å². The first-order valence-corrected chi connectivity index (χ1v) is 7.37. The van der Waals surface area contributed by atoms with E-state index < -0.39 is 14.9 Å². The minimum absolute atomic E-state index is 0.249. The van der Waals surface area contributed by atoms with Crippen LogP contribution in [-0.2, 0) is 10.0 Å². The van der Waals surface area contributed by atoms with E-state index in [-0.39, 0.29) is 10.6 Å². The third-order valence-electron chi connectivity index (χ3n) is 2.65. The highest BCUT2D eigenvalue weighted by atomic mass is 32.2. The lowest BCUT2D eigenvalue weighted by Gasteiger charge is -2.11. The molecule has 0 fully saturated rings. The standard InChI is InChI=1S/C11H17N3O4S/c1-3-4-5-13-9-6-8(2)10(14(15)16)7-11(9)19(12,17)18/h6-7,13H,3-5H2,1-2H3,(H2,12,17,18). The second kappa shape index (κ2) is 5.98. The molecule has 0 aromatic heterocycles. The predicted molar refractivity (Wildman–Crippen MR) is 72.6 cm³/mol. The minimum Gasteiger partial charge on any atom is -0.384 e. The van der Waals surface area contributed by atoms with Crippen LogP contribution in [0, 0.1) is 17.0 Å². The van der Waals surface area contributed by atoms with Gasteiger partial charge in [-0.3, -0.25) is 10.1 Å². The fourth-order valence-corrected chi connectivity index (χ4v) is 2.36. The molecule has 8 heteroatoms. The Morgan fingerprint density at radius 2 is 2.05 bits per heavy atom. The van der Waals surface area contributed by atoms with Crippen LogP contribution in [0.1, 0.15) is 25.3 Å². The summed E-state index contributed by atoms with van der Waals surface area (Å²) in [4.78, 5) is 9.95. The van der Waals surface area contributed by atoms with E-state index in [9.17, 15) is 18.5 Å². The summed E-state index contributed by atoms with van der Waals surface area (Å²) in [5, 5.41) is 18.9. The van der Waals surface area contributed by atoms with Crippen molar-refractivity contribution >= 4 is 21.4 Å².